The maximum Gasteiger partial charge on any atom is 0.238 e. The first-order valence-electron chi connectivity index (χ1n) is 7.01. The zero-order valence-electron chi connectivity index (χ0n) is 12.0. The average Bonchev–Trinajstić information content (AvgIpc) is 2.97. The summed E-state index contributed by atoms with van der Waals surface area (Å²) in [6.07, 6.45) is 0.871. The second kappa shape index (κ2) is 7.55. The second-order valence-corrected chi connectivity index (χ2v) is 6.01. The smallest absolute Gasteiger partial charge is 0.238 e. The van der Waals surface area contributed by atoms with Gasteiger partial charge < -0.3 is 10.1 Å². The van der Waals surface area contributed by atoms with Crippen molar-refractivity contribution in [2.45, 2.75) is 32.4 Å². The van der Waals surface area contributed by atoms with Crippen LogP contribution >= 0.6 is 11.8 Å². The monoisotopic (exact) mass is 294 g/mol. The Morgan fingerprint density at radius 2 is 2.45 bits per heavy atom. The summed E-state index contributed by atoms with van der Waals surface area (Å²) < 4.78 is 5.92. The fourth-order valence-electron chi connectivity index (χ4n) is 2.05. The van der Waals surface area contributed by atoms with Gasteiger partial charge in [0, 0.05) is 11.6 Å². The molecule has 0 aliphatic carbocycles. The first-order valence-corrected chi connectivity index (χ1v) is 8.16. The Labute approximate surface area is 124 Å². The van der Waals surface area contributed by atoms with Crippen LogP contribution in [0.5, 0.6) is 5.75 Å². The van der Waals surface area contributed by atoms with E-state index in [0.29, 0.717) is 6.54 Å². The van der Waals surface area contributed by atoms with Gasteiger partial charge in [0.1, 0.15) is 11.9 Å². The van der Waals surface area contributed by atoms with Gasteiger partial charge in [-0.15, -0.1) is 11.8 Å². The van der Waals surface area contributed by atoms with E-state index in [2.05, 4.69) is 17.6 Å². The molecule has 0 spiro atoms. The third-order valence-corrected chi connectivity index (χ3v) is 4.22. The van der Waals surface area contributed by atoms with Gasteiger partial charge >= 0.3 is 0 Å². The second-order valence-electron chi connectivity index (χ2n) is 4.98. The van der Waals surface area contributed by atoms with Crippen molar-refractivity contribution in [3.05, 3.63) is 29.8 Å². The van der Waals surface area contributed by atoms with Crippen molar-refractivity contribution < 1.29 is 9.53 Å². The third-order valence-electron chi connectivity index (χ3n) is 3.28. The van der Waals surface area contributed by atoms with Crippen LogP contribution in [0.15, 0.2) is 24.3 Å². The van der Waals surface area contributed by atoms with Crippen molar-refractivity contribution in [1.29, 1.82) is 0 Å². The number of carbonyl (C=O) groups excluding carboxylic acids is 1. The lowest BCUT2D eigenvalue weighted by molar-refractivity contribution is -0.122. The molecular weight excluding hydrogens is 272 g/mol. The summed E-state index contributed by atoms with van der Waals surface area (Å²) in [5, 5.41) is 6.14. The number of nitrogens with one attached hydrogen (secondary N) is 2. The largest absolute Gasteiger partial charge is 0.489 e. The van der Waals surface area contributed by atoms with Crippen LogP contribution in [0.3, 0.4) is 0 Å². The number of benzene rings is 1. The molecule has 1 aliphatic rings. The number of aryl methyl sites for hydroxylation is 1. The van der Waals surface area contributed by atoms with E-state index < -0.39 is 0 Å². The number of hydrogen-bond acceptors (Lipinski definition) is 4. The van der Waals surface area contributed by atoms with E-state index in [0.717, 1.165) is 23.8 Å². The minimum atomic E-state index is -0.0588. The molecule has 110 valence electrons. The van der Waals surface area contributed by atoms with Crippen molar-refractivity contribution in [2.75, 3.05) is 18.2 Å². The molecule has 2 N–H and O–H groups in total. The number of carbonyl (C=O) groups is 1. The summed E-state index contributed by atoms with van der Waals surface area (Å²) >= 11 is 1.75. The van der Waals surface area contributed by atoms with Crippen LogP contribution in [0.2, 0.25) is 0 Å². The number of hydrogen-bond donors (Lipinski definition) is 2. The van der Waals surface area contributed by atoms with E-state index in [9.17, 15) is 4.79 Å². The van der Waals surface area contributed by atoms with Crippen molar-refractivity contribution in [3.63, 3.8) is 0 Å². The highest BCUT2D eigenvalue weighted by Crippen LogP contribution is 2.15. The summed E-state index contributed by atoms with van der Waals surface area (Å²) in [6, 6.07) is 7.93. The highest BCUT2D eigenvalue weighted by Gasteiger charge is 2.22. The lowest BCUT2D eigenvalue weighted by Gasteiger charge is -2.19. The molecule has 1 saturated heterocycles. The Kier molecular flexibility index (Phi) is 5.73. The normalized spacial score (nSPS) is 19.6. The van der Waals surface area contributed by atoms with Crippen LogP contribution in [-0.2, 0) is 4.79 Å². The Hall–Kier alpha value is -1.20. The standard InChI is InChI=1S/C15H22N2O2S/c1-3-12(19-13-6-4-5-11(2)7-13)8-16-15(18)14-9-20-10-17-14/h4-7,12,14,17H,3,8-10H2,1-2H3,(H,16,18). The van der Waals surface area contributed by atoms with E-state index in [-0.39, 0.29) is 18.1 Å². The van der Waals surface area contributed by atoms with Crippen molar-refractivity contribution in [2.24, 2.45) is 0 Å². The summed E-state index contributed by atoms with van der Waals surface area (Å²) in [7, 11) is 0. The summed E-state index contributed by atoms with van der Waals surface area (Å²) in [5.74, 6) is 2.64. The summed E-state index contributed by atoms with van der Waals surface area (Å²) in [4.78, 5) is 11.9. The van der Waals surface area contributed by atoms with E-state index in [1.54, 1.807) is 11.8 Å². The van der Waals surface area contributed by atoms with Gasteiger partial charge in [0.05, 0.1) is 12.6 Å². The molecule has 2 rings (SSSR count). The minimum absolute atomic E-state index is 0.00908. The molecule has 1 aromatic carbocycles. The molecule has 2 unspecified atom stereocenters. The molecule has 5 heteroatoms. The average molecular weight is 294 g/mol. The first kappa shape index (κ1) is 15.2. The molecule has 1 amide bonds. The zero-order chi connectivity index (χ0) is 14.4. The van der Waals surface area contributed by atoms with Gasteiger partial charge in [0.25, 0.3) is 0 Å². The van der Waals surface area contributed by atoms with Crippen molar-refractivity contribution in [3.8, 4) is 5.75 Å². The lowest BCUT2D eigenvalue weighted by atomic mass is 10.2. The van der Waals surface area contributed by atoms with Gasteiger partial charge in [-0.1, -0.05) is 19.1 Å². The van der Waals surface area contributed by atoms with E-state index in [1.807, 2.05) is 31.2 Å². The SMILES string of the molecule is CCC(CNC(=O)C1CSCN1)Oc1cccc(C)c1. The highest BCUT2D eigenvalue weighted by molar-refractivity contribution is 7.99. The van der Waals surface area contributed by atoms with Crippen molar-refractivity contribution in [1.82, 2.24) is 10.6 Å². The fourth-order valence-corrected chi connectivity index (χ4v) is 2.99. The highest BCUT2D eigenvalue weighted by atomic mass is 32.2. The molecule has 1 aromatic rings. The van der Waals surface area contributed by atoms with Crippen molar-refractivity contribution >= 4 is 17.7 Å². The van der Waals surface area contributed by atoms with Crippen LogP contribution in [0.25, 0.3) is 0 Å². The molecule has 4 nitrogen and oxygen atoms in total. The van der Waals surface area contributed by atoms with E-state index in [1.165, 1.54) is 5.56 Å². The fraction of sp³-hybridized carbons (Fsp3) is 0.533. The molecule has 20 heavy (non-hydrogen) atoms. The summed E-state index contributed by atoms with van der Waals surface area (Å²) in [6.45, 7) is 4.65. The van der Waals surface area contributed by atoms with E-state index in [4.69, 9.17) is 4.74 Å². The van der Waals surface area contributed by atoms with Gasteiger partial charge in [0.15, 0.2) is 0 Å². The van der Waals surface area contributed by atoms with Gasteiger partial charge in [-0.25, -0.2) is 0 Å². The van der Waals surface area contributed by atoms with Gasteiger partial charge in [-0.05, 0) is 31.0 Å². The number of amides is 1. The Bertz CT molecular complexity index is 447. The van der Waals surface area contributed by atoms with E-state index >= 15 is 0 Å². The quantitative estimate of drug-likeness (QED) is 0.842. The number of ether oxygens (including phenoxy) is 1. The van der Waals surface area contributed by atoms with Crippen LogP contribution in [0.1, 0.15) is 18.9 Å². The van der Waals surface area contributed by atoms with Gasteiger partial charge in [0.2, 0.25) is 5.91 Å². The molecule has 1 heterocycles. The van der Waals surface area contributed by atoms with Crippen LogP contribution < -0.4 is 15.4 Å². The Morgan fingerprint density at radius 1 is 1.60 bits per heavy atom. The third kappa shape index (κ3) is 4.42. The first-order chi connectivity index (χ1) is 9.69. The van der Waals surface area contributed by atoms with Crippen LogP contribution in [0.4, 0.5) is 0 Å². The molecular formula is C15H22N2O2S. The maximum atomic E-state index is 11.9. The number of rotatable bonds is 6. The molecule has 0 saturated carbocycles. The lowest BCUT2D eigenvalue weighted by Crippen LogP contribution is -2.45. The zero-order valence-corrected chi connectivity index (χ0v) is 12.8. The Balaban J connectivity index is 1.81. The van der Waals surface area contributed by atoms with Crippen LogP contribution in [-0.4, -0.2) is 36.2 Å². The molecule has 0 aromatic heterocycles. The van der Waals surface area contributed by atoms with Gasteiger partial charge in [-0.3, -0.25) is 10.1 Å². The topological polar surface area (TPSA) is 50.4 Å². The molecule has 0 radical (unpaired) electrons. The maximum absolute atomic E-state index is 11.9. The predicted octanol–water partition coefficient (Wildman–Crippen LogP) is 1.93. The Morgan fingerprint density at radius 3 is 3.10 bits per heavy atom. The molecule has 2 atom stereocenters. The van der Waals surface area contributed by atoms with Crippen LogP contribution in [0, 0.1) is 6.92 Å². The molecule has 1 fully saturated rings. The predicted molar refractivity (Wildman–Crippen MR) is 83.1 cm³/mol. The molecule has 0 bridgehead atoms. The number of thioether (sulfide) groups is 1. The summed E-state index contributed by atoms with van der Waals surface area (Å²) in [5.41, 5.74) is 1.17. The minimum Gasteiger partial charge on any atom is -0.489 e. The molecule has 1 aliphatic heterocycles. The van der Waals surface area contributed by atoms with Gasteiger partial charge in [-0.2, -0.15) is 0 Å².